The molecular formula is C42H25N5. The average molecular weight is 600 g/mol. The van der Waals surface area contributed by atoms with Crippen LogP contribution in [0.15, 0.2) is 152 Å². The predicted molar refractivity (Wildman–Crippen MR) is 194 cm³/mol. The van der Waals surface area contributed by atoms with Gasteiger partial charge >= 0.3 is 0 Å². The van der Waals surface area contributed by atoms with E-state index in [2.05, 4.69) is 159 Å². The van der Waals surface area contributed by atoms with Crippen LogP contribution in [0, 0.1) is 0 Å². The zero-order valence-electron chi connectivity index (χ0n) is 25.2. The Bertz CT molecular complexity index is 3030. The summed E-state index contributed by atoms with van der Waals surface area (Å²) >= 11 is 0. The molecule has 0 amide bonds. The summed E-state index contributed by atoms with van der Waals surface area (Å²) in [6.07, 6.45) is 0. The predicted octanol–water partition coefficient (Wildman–Crippen LogP) is 10.4. The molecule has 0 saturated carbocycles. The fourth-order valence-electron chi connectivity index (χ4n) is 7.86. The van der Waals surface area contributed by atoms with E-state index in [9.17, 15) is 0 Å². The van der Waals surface area contributed by atoms with Crippen LogP contribution in [0.1, 0.15) is 0 Å². The Morgan fingerprint density at radius 2 is 0.851 bits per heavy atom. The molecule has 0 fully saturated rings. The van der Waals surface area contributed by atoms with Crippen LogP contribution in [-0.4, -0.2) is 23.5 Å². The van der Waals surface area contributed by atoms with Gasteiger partial charge in [0.1, 0.15) is 5.65 Å². The number of hydrogen-bond acceptors (Lipinski definition) is 2. The molecule has 0 spiro atoms. The van der Waals surface area contributed by atoms with Crippen molar-refractivity contribution in [3.8, 4) is 11.6 Å². The number of imidazole rings is 1. The third kappa shape index (κ3) is 3.22. The number of rotatable bonds is 2. The fourth-order valence-corrected chi connectivity index (χ4v) is 7.86. The zero-order chi connectivity index (χ0) is 30.6. The average Bonchev–Trinajstić information content (AvgIpc) is 3.80. The number of benzene rings is 7. The number of fused-ring (bicyclic) bond motifs is 13. The number of hydrogen-bond donors (Lipinski definition) is 0. The van der Waals surface area contributed by atoms with E-state index in [-0.39, 0.29) is 0 Å². The minimum atomic E-state index is 0.827. The van der Waals surface area contributed by atoms with Crippen molar-refractivity contribution in [2.45, 2.75) is 0 Å². The molecule has 4 aromatic heterocycles. The SMILES string of the molecule is c1ccc2c(c1)nc(-n1c3ccccc3c3cc(-n4c5ccccc5c5ccccc54)c4ccccc4c31)n1c3ccccc3nc21. The molecule has 4 heterocycles. The Kier molecular flexibility index (Phi) is 4.78. The van der Waals surface area contributed by atoms with Crippen molar-refractivity contribution in [3.05, 3.63) is 152 Å². The molecule has 5 nitrogen and oxygen atoms in total. The number of para-hydroxylation sites is 6. The van der Waals surface area contributed by atoms with Gasteiger partial charge < -0.3 is 4.57 Å². The highest BCUT2D eigenvalue weighted by molar-refractivity contribution is 6.22. The molecule has 0 unspecified atom stereocenters. The lowest BCUT2D eigenvalue weighted by atomic mass is 10.0. The summed E-state index contributed by atoms with van der Waals surface area (Å²) in [6, 6.07) is 54.0. The topological polar surface area (TPSA) is 40.0 Å². The lowest BCUT2D eigenvalue weighted by Crippen LogP contribution is -2.07. The van der Waals surface area contributed by atoms with Crippen molar-refractivity contribution in [3.63, 3.8) is 0 Å². The van der Waals surface area contributed by atoms with E-state index in [4.69, 9.17) is 9.97 Å². The molecule has 0 N–H and O–H groups in total. The lowest BCUT2D eigenvalue weighted by molar-refractivity contribution is 0.981. The van der Waals surface area contributed by atoms with Crippen molar-refractivity contribution < 1.29 is 0 Å². The molecule has 0 aliphatic rings. The second-order valence-corrected chi connectivity index (χ2v) is 12.2. The molecule has 47 heavy (non-hydrogen) atoms. The lowest BCUT2D eigenvalue weighted by Gasteiger charge is -2.16. The second kappa shape index (κ2) is 9.05. The molecule has 0 atom stereocenters. The quantitative estimate of drug-likeness (QED) is 0.198. The molecule has 7 aromatic carbocycles. The molecule has 11 rings (SSSR count). The van der Waals surface area contributed by atoms with Gasteiger partial charge in [-0.25, -0.2) is 9.97 Å². The van der Waals surface area contributed by atoms with Crippen LogP contribution in [0.2, 0.25) is 0 Å². The van der Waals surface area contributed by atoms with Crippen molar-refractivity contribution >= 4 is 82.0 Å². The molecule has 0 radical (unpaired) electrons. The van der Waals surface area contributed by atoms with Crippen molar-refractivity contribution in [2.24, 2.45) is 0 Å². The van der Waals surface area contributed by atoms with E-state index >= 15 is 0 Å². The van der Waals surface area contributed by atoms with E-state index in [1.807, 2.05) is 6.07 Å². The van der Waals surface area contributed by atoms with Crippen LogP contribution in [0.3, 0.4) is 0 Å². The third-order valence-electron chi connectivity index (χ3n) is 9.80. The maximum Gasteiger partial charge on any atom is 0.221 e. The van der Waals surface area contributed by atoms with Crippen LogP contribution in [0.5, 0.6) is 0 Å². The summed E-state index contributed by atoms with van der Waals surface area (Å²) in [5, 5.41) is 8.26. The first-order valence-electron chi connectivity index (χ1n) is 15.9. The van der Waals surface area contributed by atoms with E-state index in [0.717, 1.165) is 50.3 Å². The first kappa shape index (κ1) is 24.8. The normalized spacial score (nSPS) is 12.3. The largest absolute Gasteiger partial charge is 0.309 e. The minimum Gasteiger partial charge on any atom is -0.309 e. The highest BCUT2D eigenvalue weighted by Gasteiger charge is 2.23. The van der Waals surface area contributed by atoms with Crippen LogP contribution in [0.25, 0.3) is 93.6 Å². The summed E-state index contributed by atoms with van der Waals surface area (Å²) in [7, 11) is 0. The van der Waals surface area contributed by atoms with Gasteiger partial charge in [-0.1, -0.05) is 103 Å². The standard InChI is InChI=1S/C42H25N5/c1-2-17-30-28(15-1)39(45-35-21-9-4-13-26(35)27-14-5-10-22-36(27)45)25-32-29-16-6-11-23-37(29)46(40(30)32)42-44-33-19-7-3-18-31(33)41-43-34-20-8-12-24-38(34)47(41)42/h1-25H. The van der Waals surface area contributed by atoms with E-state index in [1.54, 1.807) is 0 Å². The Morgan fingerprint density at radius 3 is 1.53 bits per heavy atom. The minimum absolute atomic E-state index is 0.827. The van der Waals surface area contributed by atoms with Gasteiger partial charge in [0.05, 0.1) is 44.3 Å². The molecule has 5 heteroatoms. The summed E-state index contributed by atoms with van der Waals surface area (Å²) in [5.74, 6) is 0.827. The van der Waals surface area contributed by atoms with E-state index < -0.39 is 0 Å². The van der Waals surface area contributed by atoms with Crippen LogP contribution < -0.4 is 0 Å². The Balaban J connectivity index is 1.37. The Hall–Kier alpha value is -6.46. The molecule has 11 aromatic rings. The van der Waals surface area contributed by atoms with Crippen LogP contribution in [0.4, 0.5) is 0 Å². The summed E-state index contributed by atoms with van der Waals surface area (Å²) in [4.78, 5) is 10.6. The molecule has 0 bridgehead atoms. The fraction of sp³-hybridized carbons (Fsp3) is 0. The van der Waals surface area contributed by atoms with Crippen LogP contribution in [-0.2, 0) is 0 Å². The van der Waals surface area contributed by atoms with Crippen molar-refractivity contribution in [2.75, 3.05) is 0 Å². The molecule has 0 aliphatic carbocycles. The van der Waals surface area contributed by atoms with Gasteiger partial charge in [0, 0.05) is 37.7 Å². The van der Waals surface area contributed by atoms with Gasteiger partial charge in [-0.2, -0.15) is 0 Å². The first-order chi connectivity index (χ1) is 23.3. The molecular weight excluding hydrogens is 574 g/mol. The number of nitrogens with zero attached hydrogens (tertiary/aromatic N) is 5. The van der Waals surface area contributed by atoms with Crippen LogP contribution >= 0.6 is 0 Å². The van der Waals surface area contributed by atoms with E-state index in [1.165, 1.54) is 43.4 Å². The van der Waals surface area contributed by atoms with Gasteiger partial charge in [0.25, 0.3) is 0 Å². The van der Waals surface area contributed by atoms with Gasteiger partial charge in [0.15, 0.2) is 0 Å². The summed E-state index contributed by atoms with van der Waals surface area (Å²) in [5.41, 5.74) is 9.61. The monoisotopic (exact) mass is 599 g/mol. The molecule has 218 valence electrons. The highest BCUT2D eigenvalue weighted by Crippen LogP contribution is 2.42. The van der Waals surface area contributed by atoms with Crippen molar-refractivity contribution in [1.82, 2.24) is 23.5 Å². The Labute approximate surface area is 268 Å². The highest BCUT2D eigenvalue weighted by atomic mass is 15.2. The summed E-state index contributed by atoms with van der Waals surface area (Å²) in [6.45, 7) is 0. The molecule has 0 saturated heterocycles. The summed E-state index contributed by atoms with van der Waals surface area (Å²) < 4.78 is 7.03. The third-order valence-corrected chi connectivity index (χ3v) is 9.80. The van der Waals surface area contributed by atoms with Gasteiger partial charge in [-0.15, -0.1) is 0 Å². The second-order valence-electron chi connectivity index (χ2n) is 12.2. The Morgan fingerprint density at radius 1 is 0.362 bits per heavy atom. The number of aromatic nitrogens is 5. The maximum absolute atomic E-state index is 5.41. The van der Waals surface area contributed by atoms with Gasteiger partial charge in [-0.3, -0.25) is 8.97 Å². The first-order valence-corrected chi connectivity index (χ1v) is 15.9. The zero-order valence-corrected chi connectivity index (χ0v) is 25.2. The van der Waals surface area contributed by atoms with Gasteiger partial charge in [-0.05, 0) is 48.5 Å². The maximum atomic E-state index is 5.41. The van der Waals surface area contributed by atoms with Crippen molar-refractivity contribution in [1.29, 1.82) is 0 Å². The van der Waals surface area contributed by atoms with Gasteiger partial charge in [0.2, 0.25) is 5.95 Å². The smallest absolute Gasteiger partial charge is 0.221 e. The van der Waals surface area contributed by atoms with E-state index in [0.29, 0.717) is 0 Å². The molecule has 0 aliphatic heterocycles.